The van der Waals surface area contributed by atoms with Gasteiger partial charge in [0.1, 0.15) is 0 Å². The molecule has 118 valence electrons. The van der Waals surface area contributed by atoms with Gasteiger partial charge in [0, 0.05) is 7.11 Å². The van der Waals surface area contributed by atoms with Crippen LogP contribution >= 0.6 is 0 Å². The fourth-order valence-corrected chi connectivity index (χ4v) is 3.22. The summed E-state index contributed by atoms with van der Waals surface area (Å²) >= 11 is 0. The molecule has 3 nitrogen and oxygen atoms in total. The molecule has 0 amide bonds. The maximum Gasteiger partial charge on any atom is 0.309 e. The van der Waals surface area contributed by atoms with Crippen LogP contribution in [0.2, 0.25) is 0 Å². The van der Waals surface area contributed by atoms with Crippen LogP contribution in [-0.2, 0) is 9.53 Å². The summed E-state index contributed by atoms with van der Waals surface area (Å²) in [5.74, 6) is 0.149. The van der Waals surface area contributed by atoms with E-state index in [0.717, 1.165) is 44.4 Å². The van der Waals surface area contributed by atoms with Crippen molar-refractivity contribution >= 4 is 5.97 Å². The Labute approximate surface area is 124 Å². The van der Waals surface area contributed by atoms with Crippen LogP contribution in [0.4, 0.5) is 0 Å². The average Bonchev–Trinajstić information content (AvgIpc) is 2.44. The molecule has 0 saturated heterocycles. The van der Waals surface area contributed by atoms with Gasteiger partial charge in [-0.2, -0.15) is 0 Å². The monoisotopic (exact) mass is 284 g/mol. The SMILES string of the molecule is CCCCC1CCC(CCC(C)(C)OC)(C(=O)O)CC1. The smallest absolute Gasteiger partial charge is 0.309 e. The van der Waals surface area contributed by atoms with Gasteiger partial charge in [-0.05, 0) is 58.3 Å². The molecule has 0 bridgehead atoms. The van der Waals surface area contributed by atoms with Gasteiger partial charge in [0.15, 0.2) is 0 Å². The van der Waals surface area contributed by atoms with Crippen LogP contribution in [0.15, 0.2) is 0 Å². The Kier molecular flexibility index (Phi) is 6.50. The molecule has 20 heavy (non-hydrogen) atoms. The van der Waals surface area contributed by atoms with Crippen molar-refractivity contribution in [1.82, 2.24) is 0 Å². The summed E-state index contributed by atoms with van der Waals surface area (Å²) < 4.78 is 5.43. The average molecular weight is 284 g/mol. The molecular weight excluding hydrogens is 252 g/mol. The molecule has 0 aromatic heterocycles. The van der Waals surface area contributed by atoms with Crippen LogP contribution in [0, 0.1) is 11.3 Å². The van der Waals surface area contributed by atoms with Crippen molar-refractivity contribution in [2.45, 2.75) is 84.2 Å². The first-order valence-electron chi connectivity index (χ1n) is 8.14. The summed E-state index contributed by atoms with van der Waals surface area (Å²) in [6.45, 7) is 6.29. The number of hydrogen-bond acceptors (Lipinski definition) is 2. The van der Waals surface area contributed by atoms with Crippen molar-refractivity contribution in [2.75, 3.05) is 7.11 Å². The number of unbranched alkanes of at least 4 members (excludes halogenated alkanes) is 1. The lowest BCUT2D eigenvalue weighted by Gasteiger charge is -2.38. The Hall–Kier alpha value is -0.570. The Balaban J connectivity index is 2.56. The molecule has 1 fully saturated rings. The highest BCUT2D eigenvalue weighted by atomic mass is 16.5. The lowest BCUT2D eigenvalue weighted by molar-refractivity contribution is -0.153. The second kappa shape index (κ2) is 7.44. The van der Waals surface area contributed by atoms with Crippen LogP contribution in [-0.4, -0.2) is 23.8 Å². The van der Waals surface area contributed by atoms with Gasteiger partial charge >= 0.3 is 5.97 Å². The van der Waals surface area contributed by atoms with Crippen molar-refractivity contribution in [3.8, 4) is 0 Å². The Morgan fingerprint density at radius 1 is 1.35 bits per heavy atom. The summed E-state index contributed by atoms with van der Waals surface area (Å²) in [5, 5.41) is 9.68. The Bertz CT molecular complexity index is 301. The largest absolute Gasteiger partial charge is 0.481 e. The fraction of sp³-hybridized carbons (Fsp3) is 0.941. The molecule has 0 atom stereocenters. The third-order valence-corrected chi connectivity index (χ3v) is 5.24. The summed E-state index contributed by atoms with van der Waals surface area (Å²) in [6, 6.07) is 0. The van der Waals surface area contributed by atoms with E-state index in [1.165, 1.54) is 19.3 Å². The minimum absolute atomic E-state index is 0.221. The van der Waals surface area contributed by atoms with Gasteiger partial charge in [-0.1, -0.05) is 26.2 Å². The quantitative estimate of drug-likeness (QED) is 0.706. The third kappa shape index (κ3) is 4.76. The zero-order valence-corrected chi connectivity index (χ0v) is 13.7. The standard InChI is InChI=1S/C17H32O3/c1-5-6-7-14-8-10-17(11-9-14,15(18)19)13-12-16(2,3)20-4/h14H,5-13H2,1-4H3,(H,18,19). The van der Waals surface area contributed by atoms with Crippen LogP contribution < -0.4 is 0 Å². The van der Waals surface area contributed by atoms with Gasteiger partial charge in [0.25, 0.3) is 0 Å². The third-order valence-electron chi connectivity index (χ3n) is 5.24. The summed E-state index contributed by atoms with van der Waals surface area (Å²) in [6.07, 6.45) is 9.20. The topological polar surface area (TPSA) is 46.5 Å². The molecule has 0 spiro atoms. The zero-order chi connectivity index (χ0) is 15.2. The number of methoxy groups -OCH3 is 1. The minimum Gasteiger partial charge on any atom is -0.481 e. The maximum absolute atomic E-state index is 11.8. The number of carboxylic acid groups (broad SMARTS) is 1. The van der Waals surface area contributed by atoms with Gasteiger partial charge in [0.2, 0.25) is 0 Å². The highest BCUT2D eigenvalue weighted by molar-refractivity contribution is 5.74. The molecule has 1 saturated carbocycles. The van der Waals surface area contributed by atoms with E-state index in [9.17, 15) is 9.90 Å². The molecule has 1 N–H and O–H groups in total. The van der Waals surface area contributed by atoms with E-state index in [4.69, 9.17) is 4.74 Å². The Morgan fingerprint density at radius 3 is 2.40 bits per heavy atom. The molecule has 0 aromatic rings. The first-order chi connectivity index (χ1) is 9.35. The van der Waals surface area contributed by atoms with Crippen LogP contribution in [0.3, 0.4) is 0 Å². The van der Waals surface area contributed by atoms with Gasteiger partial charge in [-0.3, -0.25) is 4.79 Å². The molecule has 0 unspecified atom stereocenters. The summed E-state index contributed by atoms with van der Waals surface area (Å²) in [5.41, 5.74) is -0.722. The van der Waals surface area contributed by atoms with Crippen molar-refractivity contribution in [1.29, 1.82) is 0 Å². The predicted molar refractivity (Wildman–Crippen MR) is 81.9 cm³/mol. The van der Waals surface area contributed by atoms with Crippen molar-refractivity contribution in [3.05, 3.63) is 0 Å². The van der Waals surface area contributed by atoms with E-state index >= 15 is 0 Å². The van der Waals surface area contributed by atoms with Gasteiger partial charge in [-0.25, -0.2) is 0 Å². The van der Waals surface area contributed by atoms with Crippen LogP contribution in [0.5, 0.6) is 0 Å². The van der Waals surface area contributed by atoms with Crippen LogP contribution in [0.1, 0.15) is 78.6 Å². The van der Waals surface area contributed by atoms with Gasteiger partial charge in [0.05, 0.1) is 11.0 Å². The summed E-state index contributed by atoms with van der Waals surface area (Å²) in [4.78, 5) is 11.8. The van der Waals surface area contributed by atoms with Gasteiger partial charge < -0.3 is 9.84 Å². The van der Waals surface area contributed by atoms with Crippen molar-refractivity contribution in [2.24, 2.45) is 11.3 Å². The van der Waals surface area contributed by atoms with Crippen LogP contribution in [0.25, 0.3) is 0 Å². The molecule has 1 aliphatic rings. The normalized spacial score (nSPS) is 27.5. The predicted octanol–water partition coefficient (Wildman–Crippen LogP) is 4.64. The molecule has 0 aliphatic heterocycles. The number of aliphatic carboxylic acids is 1. The van der Waals surface area contributed by atoms with Gasteiger partial charge in [-0.15, -0.1) is 0 Å². The Morgan fingerprint density at radius 2 is 1.95 bits per heavy atom. The zero-order valence-electron chi connectivity index (χ0n) is 13.7. The number of ether oxygens (including phenoxy) is 1. The summed E-state index contributed by atoms with van der Waals surface area (Å²) in [7, 11) is 1.70. The molecule has 1 aliphatic carbocycles. The van der Waals surface area contributed by atoms with Crippen molar-refractivity contribution in [3.63, 3.8) is 0 Å². The van der Waals surface area contributed by atoms with E-state index in [1.54, 1.807) is 7.11 Å². The number of carbonyl (C=O) groups is 1. The molecule has 3 heteroatoms. The second-order valence-corrected chi connectivity index (χ2v) is 7.13. The molecule has 0 heterocycles. The lowest BCUT2D eigenvalue weighted by Crippen LogP contribution is -2.37. The molecule has 1 rings (SSSR count). The maximum atomic E-state index is 11.8. The fourth-order valence-electron chi connectivity index (χ4n) is 3.22. The minimum atomic E-state index is -0.599. The van der Waals surface area contributed by atoms with E-state index in [1.807, 2.05) is 13.8 Å². The molecule has 0 aromatic carbocycles. The van der Waals surface area contributed by atoms with E-state index < -0.39 is 11.4 Å². The number of rotatable bonds is 8. The second-order valence-electron chi connectivity index (χ2n) is 7.13. The van der Waals surface area contributed by atoms with E-state index in [-0.39, 0.29) is 5.60 Å². The van der Waals surface area contributed by atoms with E-state index in [2.05, 4.69) is 6.92 Å². The highest BCUT2D eigenvalue weighted by Crippen LogP contribution is 2.45. The first kappa shape index (κ1) is 17.5. The van der Waals surface area contributed by atoms with E-state index in [0.29, 0.717) is 0 Å². The number of hydrogen-bond donors (Lipinski definition) is 1. The first-order valence-corrected chi connectivity index (χ1v) is 8.14. The molecule has 0 radical (unpaired) electrons. The lowest BCUT2D eigenvalue weighted by atomic mass is 9.66. The van der Waals surface area contributed by atoms with Crippen molar-refractivity contribution < 1.29 is 14.6 Å². The highest BCUT2D eigenvalue weighted by Gasteiger charge is 2.42. The molecular formula is C17H32O3. The number of carboxylic acids is 1.